The van der Waals surface area contributed by atoms with Gasteiger partial charge in [-0.05, 0) is 91.4 Å². The summed E-state index contributed by atoms with van der Waals surface area (Å²) in [5.41, 5.74) is 4.88. The quantitative estimate of drug-likeness (QED) is 0.667. The van der Waals surface area contributed by atoms with Crippen LogP contribution in [0.3, 0.4) is 0 Å². The highest BCUT2D eigenvalue weighted by atomic mass is 19.1. The predicted molar refractivity (Wildman–Crippen MR) is 128 cm³/mol. The maximum Gasteiger partial charge on any atom is 0.255 e. The molecule has 6 rings (SSSR count). The van der Waals surface area contributed by atoms with Crippen molar-refractivity contribution in [3.8, 4) is 0 Å². The number of nitrogens with zero attached hydrogens (tertiary/aromatic N) is 2. The van der Waals surface area contributed by atoms with Crippen LogP contribution in [-0.2, 0) is 22.7 Å². The van der Waals surface area contributed by atoms with E-state index in [-0.39, 0.29) is 24.2 Å². The molecule has 1 unspecified atom stereocenters. The molecule has 3 amide bonds. The highest BCUT2D eigenvalue weighted by Crippen LogP contribution is 2.40. The predicted octanol–water partition coefficient (Wildman–Crippen LogP) is 3.84. The van der Waals surface area contributed by atoms with E-state index in [1.54, 1.807) is 6.07 Å². The Morgan fingerprint density at radius 1 is 0.914 bits per heavy atom. The van der Waals surface area contributed by atoms with Gasteiger partial charge in [0.05, 0.1) is 0 Å². The summed E-state index contributed by atoms with van der Waals surface area (Å²) in [5.74, 6) is -0.526. The van der Waals surface area contributed by atoms with Crippen molar-refractivity contribution in [2.24, 2.45) is 0 Å². The molecule has 3 fully saturated rings. The number of rotatable bonds is 5. The molecule has 0 spiro atoms. The van der Waals surface area contributed by atoms with E-state index in [4.69, 9.17) is 0 Å². The summed E-state index contributed by atoms with van der Waals surface area (Å²) in [6.45, 7) is 3.06. The van der Waals surface area contributed by atoms with Crippen molar-refractivity contribution in [1.29, 1.82) is 0 Å². The molecule has 182 valence electrons. The number of carbonyl (C=O) groups is 3. The van der Waals surface area contributed by atoms with E-state index in [0.29, 0.717) is 18.5 Å². The molecule has 7 heteroatoms. The first kappa shape index (κ1) is 22.4. The Balaban J connectivity index is 1.14. The van der Waals surface area contributed by atoms with Gasteiger partial charge in [-0.1, -0.05) is 24.3 Å². The molecule has 2 saturated heterocycles. The van der Waals surface area contributed by atoms with Crippen molar-refractivity contribution in [3.63, 3.8) is 0 Å². The van der Waals surface area contributed by atoms with Crippen LogP contribution in [0.4, 0.5) is 4.39 Å². The Labute approximate surface area is 204 Å². The first-order chi connectivity index (χ1) is 17.0. The van der Waals surface area contributed by atoms with Gasteiger partial charge in [-0.3, -0.25) is 24.6 Å². The Kier molecular flexibility index (Phi) is 5.67. The molecule has 35 heavy (non-hydrogen) atoms. The second-order valence-electron chi connectivity index (χ2n) is 10.5. The van der Waals surface area contributed by atoms with E-state index in [2.05, 4.69) is 34.5 Å². The number of benzene rings is 2. The lowest BCUT2D eigenvalue weighted by molar-refractivity contribution is -0.136. The van der Waals surface area contributed by atoms with Gasteiger partial charge in [-0.25, -0.2) is 4.39 Å². The van der Waals surface area contributed by atoms with Crippen LogP contribution in [0, 0.1) is 5.82 Å². The lowest BCUT2D eigenvalue weighted by Gasteiger charge is -2.33. The van der Waals surface area contributed by atoms with Gasteiger partial charge in [-0.15, -0.1) is 0 Å². The Bertz CT molecular complexity index is 1180. The van der Waals surface area contributed by atoms with Gasteiger partial charge in [0.2, 0.25) is 11.8 Å². The van der Waals surface area contributed by atoms with Crippen molar-refractivity contribution in [2.75, 3.05) is 13.1 Å². The largest absolute Gasteiger partial charge is 0.322 e. The molecule has 1 atom stereocenters. The number of likely N-dealkylation sites (tertiary alicyclic amines) is 1. The summed E-state index contributed by atoms with van der Waals surface area (Å²) in [6.07, 6.45) is 4.95. The topological polar surface area (TPSA) is 69.7 Å². The SMILES string of the molecule is O=C1CCC(N2Cc3c(cc(F)cc3C3CCN(Cc4ccc(C5CC5)cc4)CC3)C2=O)C(=O)N1. The van der Waals surface area contributed by atoms with Crippen molar-refractivity contribution < 1.29 is 18.8 Å². The van der Waals surface area contributed by atoms with Gasteiger partial charge in [-0.2, -0.15) is 0 Å². The zero-order valence-electron chi connectivity index (χ0n) is 19.8. The average molecular weight is 476 g/mol. The molecule has 1 N–H and O–H groups in total. The number of halogens is 1. The Hall–Kier alpha value is -3.06. The molecule has 2 aromatic carbocycles. The van der Waals surface area contributed by atoms with Crippen molar-refractivity contribution in [3.05, 3.63) is 70.0 Å². The molecule has 4 aliphatic rings. The number of piperidine rings is 2. The monoisotopic (exact) mass is 475 g/mol. The summed E-state index contributed by atoms with van der Waals surface area (Å²) in [7, 11) is 0. The first-order valence-electron chi connectivity index (χ1n) is 12.7. The third kappa shape index (κ3) is 4.38. The molecule has 3 heterocycles. The molecule has 0 aromatic heterocycles. The summed E-state index contributed by atoms with van der Waals surface area (Å²) >= 11 is 0. The molecule has 0 radical (unpaired) electrons. The molecule has 1 saturated carbocycles. The van der Waals surface area contributed by atoms with E-state index >= 15 is 0 Å². The van der Waals surface area contributed by atoms with E-state index in [1.807, 2.05) is 0 Å². The normalized spacial score (nSPS) is 23.5. The number of hydrogen-bond donors (Lipinski definition) is 1. The fourth-order valence-corrected chi connectivity index (χ4v) is 5.99. The van der Waals surface area contributed by atoms with Gasteiger partial charge in [0.15, 0.2) is 0 Å². The fourth-order valence-electron chi connectivity index (χ4n) is 5.99. The molecular formula is C28H30FN3O3. The van der Waals surface area contributed by atoms with Crippen LogP contribution in [0.1, 0.15) is 83.0 Å². The summed E-state index contributed by atoms with van der Waals surface area (Å²) in [5, 5.41) is 2.33. The fraction of sp³-hybridized carbons (Fsp3) is 0.464. The summed E-state index contributed by atoms with van der Waals surface area (Å²) < 4.78 is 14.6. The van der Waals surface area contributed by atoms with Gasteiger partial charge in [0.25, 0.3) is 5.91 Å². The lowest BCUT2D eigenvalue weighted by atomic mass is 9.85. The van der Waals surface area contributed by atoms with E-state index < -0.39 is 17.8 Å². The van der Waals surface area contributed by atoms with Crippen LogP contribution in [0.5, 0.6) is 0 Å². The van der Waals surface area contributed by atoms with Crippen LogP contribution in [-0.4, -0.2) is 46.7 Å². The highest BCUT2D eigenvalue weighted by Gasteiger charge is 2.41. The zero-order valence-corrected chi connectivity index (χ0v) is 19.8. The van der Waals surface area contributed by atoms with Gasteiger partial charge < -0.3 is 4.90 Å². The maximum atomic E-state index is 14.6. The molecule has 2 aromatic rings. The molecule has 1 aliphatic carbocycles. The van der Waals surface area contributed by atoms with E-state index in [0.717, 1.165) is 49.5 Å². The summed E-state index contributed by atoms with van der Waals surface area (Å²) in [6, 6.07) is 11.2. The molecular weight excluding hydrogens is 445 g/mol. The minimum Gasteiger partial charge on any atom is -0.322 e. The zero-order chi connectivity index (χ0) is 24.1. The number of nitrogens with one attached hydrogen (secondary N) is 1. The second kappa shape index (κ2) is 8.86. The van der Waals surface area contributed by atoms with Crippen LogP contribution < -0.4 is 5.32 Å². The molecule has 6 nitrogen and oxygen atoms in total. The van der Waals surface area contributed by atoms with E-state index in [1.165, 1.54) is 34.9 Å². The van der Waals surface area contributed by atoms with Gasteiger partial charge in [0.1, 0.15) is 11.9 Å². The maximum absolute atomic E-state index is 14.6. The number of imide groups is 1. The number of carbonyl (C=O) groups excluding carboxylic acids is 3. The lowest BCUT2D eigenvalue weighted by Crippen LogP contribution is -2.52. The number of amides is 3. The van der Waals surface area contributed by atoms with Gasteiger partial charge >= 0.3 is 0 Å². The average Bonchev–Trinajstić information content (AvgIpc) is 3.65. The standard InChI is InChI=1S/C28H30FN3O3/c29-21-13-22(24-16-32(28(35)23(24)14-21)25-7-8-26(33)30-27(25)34)20-9-11-31(12-10-20)15-17-1-3-18(4-2-17)19-5-6-19/h1-4,13-14,19-20,25H,5-12,15-16H2,(H,30,33,34). The second-order valence-corrected chi connectivity index (χ2v) is 10.5. The van der Waals surface area contributed by atoms with Gasteiger partial charge in [0, 0.05) is 25.1 Å². The van der Waals surface area contributed by atoms with Crippen LogP contribution in [0.15, 0.2) is 36.4 Å². The number of fused-ring (bicyclic) bond motifs is 1. The minimum absolute atomic E-state index is 0.183. The third-order valence-electron chi connectivity index (χ3n) is 8.12. The minimum atomic E-state index is -0.684. The third-order valence-corrected chi connectivity index (χ3v) is 8.12. The van der Waals surface area contributed by atoms with Crippen LogP contribution in [0.25, 0.3) is 0 Å². The Morgan fingerprint density at radius 3 is 2.34 bits per heavy atom. The molecule has 0 bridgehead atoms. The van der Waals surface area contributed by atoms with Crippen molar-refractivity contribution in [2.45, 2.75) is 69.5 Å². The van der Waals surface area contributed by atoms with Crippen molar-refractivity contribution >= 4 is 17.7 Å². The van der Waals surface area contributed by atoms with Crippen molar-refractivity contribution in [1.82, 2.24) is 15.1 Å². The van der Waals surface area contributed by atoms with Crippen LogP contribution in [0.2, 0.25) is 0 Å². The van der Waals surface area contributed by atoms with E-state index in [9.17, 15) is 18.8 Å². The smallest absolute Gasteiger partial charge is 0.255 e. The first-order valence-corrected chi connectivity index (χ1v) is 12.7. The number of hydrogen-bond acceptors (Lipinski definition) is 4. The Morgan fingerprint density at radius 2 is 1.66 bits per heavy atom. The molecule has 3 aliphatic heterocycles. The highest BCUT2D eigenvalue weighted by molar-refractivity contribution is 6.05. The summed E-state index contributed by atoms with van der Waals surface area (Å²) in [4.78, 5) is 41.0. The van der Waals surface area contributed by atoms with Crippen LogP contribution >= 0.6 is 0 Å².